The van der Waals surface area contributed by atoms with Gasteiger partial charge in [-0.05, 0) is 18.2 Å². The topological polar surface area (TPSA) is 69.4 Å². The van der Waals surface area contributed by atoms with Crippen LogP contribution in [0.2, 0.25) is 0 Å². The van der Waals surface area contributed by atoms with Crippen molar-refractivity contribution >= 4 is 10.0 Å². The zero-order chi connectivity index (χ0) is 11.1. The molecular formula is C9H10FNO3S. The number of halogens is 1. The molecule has 0 amide bonds. The normalized spacial score (nSPS) is 19.7. The molecular weight excluding hydrogens is 221 g/mol. The van der Waals surface area contributed by atoms with Crippen molar-refractivity contribution in [1.29, 1.82) is 0 Å². The molecule has 0 spiro atoms. The molecule has 0 saturated carbocycles. The number of benzene rings is 1. The van der Waals surface area contributed by atoms with Gasteiger partial charge in [-0.3, -0.25) is 0 Å². The zero-order valence-corrected chi connectivity index (χ0v) is 8.63. The van der Waals surface area contributed by atoms with Gasteiger partial charge in [-0.25, -0.2) is 17.9 Å². The Kier molecular flexibility index (Phi) is 2.40. The van der Waals surface area contributed by atoms with Gasteiger partial charge >= 0.3 is 0 Å². The number of ether oxygens (including phenoxy) is 1. The molecule has 1 aliphatic heterocycles. The van der Waals surface area contributed by atoms with Crippen LogP contribution in [0.4, 0.5) is 4.39 Å². The molecule has 0 radical (unpaired) electrons. The maximum absolute atomic E-state index is 12.8. The lowest BCUT2D eigenvalue weighted by atomic mass is 10.1. The first-order valence-electron chi connectivity index (χ1n) is 4.39. The molecule has 1 atom stereocenters. The molecule has 1 unspecified atom stereocenters. The molecule has 2 N–H and O–H groups in total. The van der Waals surface area contributed by atoms with Gasteiger partial charge in [-0.15, -0.1) is 0 Å². The van der Waals surface area contributed by atoms with Crippen LogP contribution in [0.25, 0.3) is 0 Å². The molecule has 0 aromatic heterocycles. The van der Waals surface area contributed by atoms with E-state index in [1.165, 1.54) is 18.2 Å². The first kappa shape index (κ1) is 10.4. The summed E-state index contributed by atoms with van der Waals surface area (Å²) in [6, 6.07) is 4.12. The van der Waals surface area contributed by atoms with E-state index in [2.05, 4.69) is 0 Å². The summed E-state index contributed by atoms with van der Waals surface area (Å²) in [6.45, 7) is 0. The van der Waals surface area contributed by atoms with Crippen molar-refractivity contribution in [1.82, 2.24) is 0 Å². The molecule has 0 saturated heterocycles. The van der Waals surface area contributed by atoms with E-state index >= 15 is 0 Å². The number of sulfonamides is 1. The smallest absolute Gasteiger partial charge is 0.212 e. The molecule has 0 bridgehead atoms. The van der Waals surface area contributed by atoms with Crippen molar-refractivity contribution in [3.63, 3.8) is 0 Å². The second-order valence-corrected chi connectivity index (χ2v) is 5.18. The average molecular weight is 231 g/mol. The Balaban J connectivity index is 2.16. The van der Waals surface area contributed by atoms with Crippen molar-refractivity contribution < 1.29 is 17.5 Å². The van der Waals surface area contributed by atoms with Crippen LogP contribution in [0.3, 0.4) is 0 Å². The van der Waals surface area contributed by atoms with Crippen LogP contribution in [-0.2, 0) is 16.4 Å². The summed E-state index contributed by atoms with van der Waals surface area (Å²) in [6.07, 6.45) is -0.124. The van der Waals surface area contributed by atoms with Crippen LogP contribution in [0.5, 0.6) is 5.75 Å². The third-order valence-electron chi connectivity index (χ3n) is 2.18. The fraction of sp³-hybridized carbons (Fsp3) is 0.333. The van der Waals surface area contributed by atoms with Crippen LogP contribution in [-0.4, -0.2) is 20.3 Å². The molecule has 6 heteroatoms. The van der Waals surface area contributed by atoms with Gasteiger partial charge in [0.15, 0.2) is 0 Å². The molecule has 82 valence electrons. The van der Waals surface area contributed by atoms with Crippen LogP contribution >= 0.6 is 0 Å². The van der Waals surface area contributed by atoms with Gasteiger partial charge in [0.2, 0.25) is 10.0 Å². The van der Waals surface area contributed by atoms with Crippen molar-refractivity contribution in [3.8, 4) is 5.75 Å². The van der Waals surface area contributed by atoms with E-state index in [0.29, 0.717) is 17.7 Å². The third kappa shape index (κ3) is 2.45. The standard InChI is InChI=1S/C9H10FNO3S/c10-7-1-2-9-6(3-7)4-8(14-9)5-15(11,12)13/h1-3,8H,4-5H2,(H2,11,12,13). The maximum atomic E-state index is 12.8. The van der Waals surface area contributed by atoms with Gasteiger partial charge in [0.25, 0.3) is 0 Å². The van der Waals surface area contributed by atoms with E-state index in [1.807, 2.05) is 0 Å². The van der Waals surface area contributed by atoms with Crippen molar-refractivity contribution in [2.45, 2.75) is 12.5 Å². The highest BCUT2D eigenvalue weighted by atomic mass is 32.2. The Morgan fingerprint density at radius 2 is 2.27 bits per heavy atom. The fourth-order valence-corrected chi connectivity index (χ4v) is 2.35. The summed E-state index contributed by atoms with van der Waals surface area (Å²) in [5.74, 6) is -0.0674. The Hall–Kier alpha value is -1.14. The third-order valence-corrected chi connectivity index (χ3v) is 3.02. The molecule has 15 heavy (non-hydrogen) atoms. The Bertz CT molecular complexity index is 486. The number of rotatable bonds is 2. The molecule has 1 aromatic rings. The predicted octanol–water partition coefficient (Wildman–Crippen LogP) is 0.418. The first-order chi connectivity index (χ1) is 6.94. The van der Waals surface area contributed by atoms with E-state index in [4.69, 9.17) is 9.88 Å². The van der Waals surface area contributed by atoms with E-state index in [1.54, 1.807) is 0 Å². The minimum atomic E-state index is -3.55. The SMILES string of the molecule is NS(=O)(=O)CC1Cc2cc(F)ccc2O1. The van der Waals surface area contributed by atoms with E-state index < -0.39 is 16.1 Å². The highest BCUT2D eigenvalue weighted by Crippen LogP contribution is 2.29. The number of fused-ring (bicyclic) bond motifs is 1. The van der Waals surface area contributed by atoms with Crippen LogP contribution in [0, 0.1) is 5.82 Å². The molecule has 1 aliphatic rings. The lowest BCUT2D eigenvalue weighted by molar-refractivity contribution is 0.256. The van der Waals surface area contributed by atoms with E-state index in [0.717, 1.165) is 0 Å². The minimum Gasteiger partial charge on any atom is -0.489 e. The second-order valence-electron chi connectivity index (χ2n) is 3.53. The van der Waals surface area contributed by atoms with Gasteiger partial charge in [-0.1, -0.05) is 0 Å². The summed E-state index contributed by atoms with van der Waals surface area (Å²) >= 11 is 0. The summed E-state index contributed by atoms with van der Waals surface area (Å²) in [5, 5.41) is 4.90. The molecule has 0 fully saturated rings. The maximum Gasteiger partial charge on any atom is 0.212 e. The molecule has 4 nitrogen and oxygen atoms in total. The van der Waals surface area contributed by atoms with Crippen LogP contribution in [0.15, 0.2) is 18.2 Å². The molecule has 1 heterocycles. The monoisotopic (exact) mass is 231 g/mol. The number of nitrogens with two attached hydrogens (primary N) is 1. The van der Waals surface area contributed by atoms with Gasteiger partial charge in [0.1, 0.15) is 23.4 Å². The Morgan fingerprint density at radius 1 is 1.53 bits per heavy atom. The molecule has 1 aromatic carbocycles. The van der Waals surface area contributed by atoms with Gasteiger partial charge in [-0.2, -0.15) is 0 Å². The lowest BCUT2D eigenvalue weighted by Crippen LogP contribution is -2.29. The average Bonchev–Trinajstić information content (AvgIpc) is 2.42. The molecule has 2 rings (SSSR count). The lowest BCUT2D eigenvalue weighted by Gasteiger charge is -2.07. The number of hydrogen-bond donors (Lipinski definition) is 1. The van der Waals surface area contributed by atoms with Crippen LogP contribution < -0.4 is 9.88 Å². The minimum absolute atomic E-state index is 0.247. The van der Waals surface area contributed by atoms with Crippen molar-refractivity contribution in [2.24, 2.45) is 5.14 Å². The Morgan fingerprint density at radius 3 is 2.93 bits per heavy atom. The van der Waals surface area contributed by atoms with Crippen molar-refractivity contribution in [2.75, 3.05) is 5.75 Å². The van der Waals surface area contributed by atoms with Gasteiger partial charge in [0.05, 0.1) is 0 Å². The quantitative estimate of drug-likeness (QED) is 0.801. The van der Waals surface area contributed by atoms with E-state index in [9.17, 15) is 12.8 Å². The first-order valence-corrected chi connectivity index (χ1v) is 6.11. The predicted molar refractivity (Wildman–Crippen MR) is 52.5 cm³/mol. The van der Waals surface area contributed by atoms with Crippen molar-refractivity contribution in [3.05, 3.63) is 29.6 Å². The fourth-order valence-electron chi connectivity index (χ4n) is 1.64. The molecule has 0 aliphatic carbocycles. The Labute approximate surface area is 86.9 Å². The highest BCUT2D eigenvalue weighted by molar-refractivity contribution is 7.89. The number of hydrogen-bond acceptors (Lipinski definition) is 3. The second kappa shape index (κ2) is 3.46. The van der Waals surface area contributed by atoms with E-state index in [-0.39, 0.29) is 11.6 Å². The zero-order valence-electron chi connectivity index (χ0n) is 7.81. The van der Waals surface area contributed by atoms with Gasteiger partial charge < -0.3 is 4.74 Å². The number of primary sulfonamides is 1. The van der Waals surface area contributed by atoms with Crippen LogP contribution in [0.1, 0.15) is 5.56 Å². The summed E-state index contributed by atoms with van der Waals surface area (Å²) in [4.78, 5) is 0. The summed E-state index contributed by atoms with van der Waals surface area (Å²) in [5.41, 5.74) is 0.684. The summed E-state index contributed by atoms with van der Waals surface area (Å²) in [7, 11) is -3.55. The van der Waals surface area contributed by atoms with Gasteiger partial charge in [0, 0.05) is 12.0 Å². The summed E-state index contributed by atoms with van der Waals surface area (Å²) < 4.78 is 39.8. The largest absolute Gasteiger partial charge is 0.489 e. The highest BCUT2D eigenvalue weighted by Gasteiger charge is 2.26.